The minimum atomic E-state index is -0.285. The smallest absolute Gasteiger partial charge is 0.235 e. The van der Waals surface area contributed by atoms with E-state index in [0.29, 0.717) is 11.5 Å². The van der Waals surface area contributed by atoms with E-state index in [4.69, 9.17) is 4.74 Å². The molecule has 134 valence electrons. The van der Waals surface area contributed by atoms with Gasteiger partial charge >= 0.3 is 0 Å². The van der Waals surface area contributed by atoms with Crippen LogP contribution in [-0.4, -0.2) is 29.7 Å². The molecule has 0 radical (unpaired) electrons. The van der Waals surface area contributed by atoms with E-state index in [1.165, 1.54) is 28.8 Å². The van der Waals surface area contributed by atoms with Gasteiger partial charge in [-0.1, -0.05) is 6.07 Å². The molecule has 0 spiro atoms. The highest BCUT2D eigenvalue weighted by Crippen LogP contribution is 2.36. The molecule has 1 amide bonds. The lowest BCUT2D eigenvalue weighted by molar-refractivity contribution is -0.131. The largest absolute Gasteiger partial charge is 0.496 e. The summed E-state index contributed by atoms with van der Waals surface area (Å²) in [4.78, 5) is 16.2. The monoisotopic (exact) mass is 379 g/mol. The average Bonchev–Trinajstić information content (AvgIpc) is 3.29. The number of hydrogen-bond acceptors (Lipinski definition) is 4. The number of carbonyl (C=O) groups excluding carboxylic acids is 1. The normalized spacial score (nSPS) is 18.4. The highest BCUT2D eigenvalue weighted by atomic mass is 32.2. The second kappa shape index (κ2) is 8.23. The van der Waals surface area contributed by atoms with Crippen molar-refractivity contribution >= 4 is 29.0 Å². The number of likely N-dealkylation sites (tertiary alicyclic amines) is 1. The number of nitrogens with zero attached hydrogens (tertiary/aromatic N) is 1. The van der Waals surface area contributed by atoms with Crippen LogP contribution >= 0.6 is 23.1 Å². The van der Waals surface area contributed by atoms with E-state index in [1.807, 2.05) is 17.9 Å². The van der Waals surface area contributed by atoms with Gasteiger partial charge in [0, 0.05) is 22.7 Å². The molecule has 0 N–H and O–H groups in total. The number of hydrogen-bond donors (Lipinski definition) is 0. The molecule has 25 heavy (non-hydrogen) atoms. The van der Waals surface area contributed by atoms with Gasteiger partial charge in [-0.25, -0.2) is 4.39 Å². The van der Waals surface area contributed by atoms with Crippen LogP contribution in [0.25, 0.3) is 0 Å². The summed E-state index contributed by atoms with van der Waals surface area (Å²) < 4.78 is 18.8. The third-order valence-corrected chi connectivity index (χ3v) is 6.64. The molecule has 6 heteroatoms. The van der Waals surface area contributed by atoms with Crippen LogP contribution in [0.1, 0.15) is 36.2 Å². The third-order valence-electron chi connectivity index (χ3n) is 4.49. The zero-order valence-corrected chi connectivity index (χ0v) is 16.0. The summed E-state index contributed by atoms with van der Waals surface area (Å²) in [5.41, 5.74) is 0.781. The molecule has 0 saturated carbocycles. The number of ether oxygens (including phenoxy) is 1. The highest BCUT2D eigenvalue weighted by Gasteiger charge is 2.33. The third kappa shape index (κ3) is 4.18. The van der Waals surface area contributed by atoms with E-state index in [0.717, 1.165) is 24.9 Å². The first-order chi connectivity index (χ1) is 12.1. The standard InChI is InChI=1S/C19H22FNO2S2/c1-13(25-12-14-11-15(20)7-8-17(14)23-2)19(22)21-9-3-5-16(21)18-6-4-10-24-18/h4,6-8,10-11,13,16H,3,5,9,12H2,1-2H3. The van der Waals surface area contributed by atoms with Gasteiger partial charge in [-0.3, -0.25) is 4.79 Å². The molecule has 0 bridgehead atoms. The van der Waals surface area contributed by atoms with Gasteiger partial charge in [-0.15, -0.1) is 23.1 Å². The fourth-order valence-electron chi connectivity index (χ4n) is 3.19. The molecule has 3 nitrogen and oxygen atoms in total. The van der Waals surface area contributed by atoms with Crippen molar-refractivity contribution in [3.63, 3.8) is 0 Å². The number of rotatable bonds is 6. The molecular formula is C19H22FNO2S2. The Bertz CT molecular complexity index is 720. The van der Waals surface area contributed by atoms with Crippen LogP contribution in [0.15, 0.2) is 35.7 Å². The molecule has 1 aliphatic rings. The Kier molecular flexibility index (Phi) is 6.02. The molecule has 3 rings (SSSR count). The van der Waals surface area contributed by atoms with E-state index in [2.05, 4.69) is 11.4 Å². The van der Waals surface area contributed by atoms with Crippen molar-refractivity contribution in [1.82, 2.24) is 4.90 Å². The second-order valence-electron chi connectivity index (χ2n) is 6.11. The number of thiophene rings is 1. The molecule has 2 heterocycles. The Morgan fingerprint density at radius 1 is 1.48 bits per heavy atom. The van der Waals surface area contributed by atoms with Gasteiger partial charge in [0.25, 0.3) is 0 Å². The number of thioether (sulfide) groups is 1. The molecular weight excluding hydrogens is 357 g/mol. The predicted molar refractivity (Wildman–Crippen MR) is 102 cm³/mol. The van der Waals surface area contributed by atoms with Crippen LogP contribution in [-0.2, 0) is 10.5 Å². The minimum absolute atomic E-state index is 0.163. The van der Waals surface area contributed by atoms with Gasteiger partial charge in [-0.05, 0) is 49.4 Å². The first-order valence-corrected chi connectivity index (χ1v) is 10.3. The van der Waals surface area contributed by atoms with Gasteiger partial charge in [0.2, 0.25) is 5.91 Å². The molecule has 2 atom stereocenters. The van der Waals surface area contributed by atoms with Crippen molar-refractivity contribution in [3.8, 4) is 5.75 Å². The first kappa shape index (κ1) is 18.3. The molecule has 1 saturated heterocycles. The predicted octanol–water partition coefficient (Wildman–Crippen LogP) is 4.88. The van der Waals surface area contributed by atoms with Crippen molar-refractivity contribution in [2.45, 2.75) is 36.8 Å². The lowest BCUT2D eigenvalue weighted by Crippen LogP contribution is -2.35. The number of halogens is 1. The molecule has 0 aliphatic carbocycles. The Morgan fingerprint density at radius 2 is 2.32 bits per heavy atom. The summed E-state index contributed by atoms with van der Waals surface area (Å²) >= 11 is 3.24. The maximum atomic E-state index is 13.5. The van der Waals surface area contributed by atoms with Crippen molar-refractivity contribution in [2.75, 3.05) is 13.7 Å². The molecule has 1 aromatic carbocycles. The van der Waals surface area contributed by atoms with E-state index >= 15 is 0 Å². The molecule has 1 aromatic heterocycles. The van der Waals surface area contributed by atoms with Crippen molar-refractivity contribution < 1.29 is 13.9 Å². The van der Waals surface area contributed by atoms with Gasteiger partial charge in [0.05, 0.1) is 18.4 Å². The number of methoxy groups -OCH3 is 1. The zero-order chi connectivity index (χ0) is 17.8. The summed E-state index contributed by atoms with van der Waals surface area (Å²) in [5, 5.41) is 1.89. The summed E-state index contributed by atoms with van der Waals surface area (Å²) in [5.74, 6) is 1.08. The maximum Gasteiger partial charge on any atom is 0.235 e. The summed E-state index contributed by atoms with van der Waals surface area (Å²) in [6.07, 6.45) is 2.07. The zero-order valence-electron chi connectivity index (χ0n) is 14.4. The van der Waals surface area contributed by atoms with Crippen LogP contribution < -0.4 is 4.74 Å². The lowest BCUT2D eigenvalue weighted by atomic mass is 10.2. The van der Waals surface area contributed by atoms with Gasteiger partial charge in [0.15, 0.2) is 0 Å². The summed E-state index contributed by atoms with van der Waals surface area (Å²) in [6, 6.07) is 8.85. The fraction of sp³-hybridized carbons (Fsp3) is 0.421. The number of amides is 1. The van der Waals surface area contributed by atoms with Gasteiger partial charge in [0.1, 0.15) is 11.6 Å². The summed E-state index contributed by atoms with van der Waals surface area (Å²) in [7, 11) is 1.58. The van der Waals surface area contributed by atoms with E-state index in [9.17, 15) is 9.18 Å². The minimum Gasteiger partial charge on any atom is -0.496 e. The fourth-order valence-corrected chi connectivity index (χ4v) is 4.99. The lowest BCUT2D eigenvalue weighted by Gasteiger charge is -2.26. The molecule has 2 unspecified atom stereocenters. The van der Waals surface area contributed by atoms with E-state index < -0.39 is 0 Å². The van der Waals surface area contributed by atoms with E-state index in [1.54, 1.807) is 24.5 Å². The number of benzene rings is 1. The summed E-state index contributed by atoms with van der Waals surface area (Å²) in [6.45, 7) is 2.75. The Balaban J connectivity index is 1.64. The molecule has 1 fully saturated rings. The van der Waals surface area contributed by atoms with Crippen molar-refractivity contribution in [3.05, 3.63) is 52.0 Å². The topological polar surface area (TPSA) is 29.5 Å². The second-order valence-corrected chi connectivity index (χ2v) is 8.42. The molecule has 1 aliphatic heterocycles. The van der Waals surface area contributed by atoms with Crippen LogP contribution in [0.2, 0.25) is 0 Å². The SMILES string of the molecule is COc1ccc(F)cc1CSC(C)C(=O)N1CCCC1c1cccs1. The Labute approximate surface area is 156 Å². The first-order valence-electron chi connectivity index (χ1n) is 8.38. The van der Waals surface area contributed by atoms with Crippen LogP contribution in [0, 0.1) is 5.82 Å². The quantitative estimate of drug-likeness (QED) is 0.716. The highest BCUT2D eigenvalue weighted by molar-refractivity contribution is 7.99. The van der Waals surface area contributed by atoms with Crippen LogP contribution in [0.4, 0.5) is 4.39 Å². The van der Waals surface area contributed by atoms with Gasteiger partial charge in [-0.2, -0.15) is 0 Å². The van der Waals surface area contributed by atoms with Crippen LogP contribution in [0.5, 0.6) is 5.75 Å². The average molecular weight is 380 g/mol. The van der Waals surface area contributed by atoms with Crippen molar-refractivity contribution in [1.29, 1.82) is 0 Å². The maximum absolute atomic E-state index is 13.5. The van der Waals surface area contributed by atoms with E-state index in [-0.39, 0.29) is 23.0 Å². The molecule has 2 aromatic rings. The number of carbonyl (C=O) groups is 1. The Hall–Kier alpha value is -1.53. The van der Waals surface area contributed by atoms with Crippen molar-refractivity contribution in [2.24, 2.45) is 0 Å². The van der Waals surface area contributed by atoms with Crippen LogP contribution in [0.3, 0.4) is 0 Å². The van der Waals surface area contributed by atoms with Gasteiger partial charge < -0.3 is 9.64 Å². The Morgan fingerprint density at radius 3 is 3.04 bits per heavy atom.